The molecule has 0 unspecified atom stereocenters. The number of halogens is 5. The molecule has 13 heavy (non-hydrogen) atoms. The highest BCUT2D eigenvalue weighted by Crippen LogP contribution is 2.25. The second-order valence-corrected chi connectivity index (χ2v) is 4.73. The second kappa shape index (κ2) is 5.01. The molecule has 0 saturated heterocycles. The fourth-order valence-corrected chi connectivity index (χ4v) is 2.28. The summed E-state index contributed by atoms with van der Waals surface area (Å²) in [4.78, 5) is 3.76. The van der Waals surface area contributed by atoms with Gasteiger partial charge in [-0.25, -0.2) is 13.8 Å². The van der Waals surface area contributed by atoms with E-state index >= 15 is 0 Å². The fraction of sp³-hybridized carbons (Fsp3) is 0.286. The van der Waals surface area contributed by atoms with Gasteiger partial charge in [-0.1, -0.05) is 0 Å². The SMILES string of the molecule is FC(F)c1cc(I)c(I)c(CCl)n1. The van der Waals surface area contributed by atoms with Gasteiger partial charge in [-0.3, -0.25) is 0 Å². The monoisotopic (exact) mass is 429 g/mol. The van der Waals surface area contributed by atoms with E-state index < -0.39 is 6.43 Å². The summed E-state index contributed by atoms with van der Waals surface area (Å²) in [5.74, 6) is 0.162. The van der Waals surface area contributed by atoms with Gasteiger partial charge in [-0.2, -0.15) is 0 Å². The Kier molecular flexibility index (Phi) is 4.56. The van der Waals surface area contributed by atoms with Crippen LogP contribution < -0.4 is 0 Å². The second-order valence-electron chi connectivity index (χ2n) is 2.22. The molecule has 0 spiro atoms. The molecule has 1 aromatic heterocycles. The predicted molar refractivity (Wildman–Crippen MR) is 64.2 cm³/mol. The summed E-state index contributed by atoms with van der Waals surface area (Å²) in [6.07, 6.45) is -2.53. The third-order valence-corrected chi connectivity index (χ3v) is 4.69. The van der Waals surface area contributed by atoms with E-state index in [-0.39, 0.29) is 11.6 Å². The minimum Gasteiger partial charge on any atom is -0.249 e. The summed E-state index contributed by atoms with van der Waals surface area (Å²) in [6.45, 7) is 0. The van der Waals surface area contributed by atoms with Gasteiger partial charge in [0.25, 0.3) is 6.43 Å². The van der Waals surface area contributed by atoms with Crippen molar-refractivity contribution in [3.8, 4) is 0 Å². The lowest BCUT2D eigenvalue weighted by atomic mass is 10.3. The van der Waals surface area contributed by atoms with Crippen molar-refractivity contribution < 1.29 is 8.78 Å². The highest BCUT2D eigenvalue weighted by molar-refractivity contribution is 14.1. The number of pyridine rings is 1. The van der Waals surface area contributed by atoms with Gasteiger partial charge in [0, 0.05) is 7.14 Å². The molecule has 1 rings (SSSR count). The van der Waals surface area contributed by atoms with Crippen molar-refractivity contribution in [2.75, 3.05) is 0 Å². The summed E-state index contributed by atoms with van der Waals surface area (Å²) >= 11 is 9.60. The van der Waals surface area contributed by atoms with Gasteiger partial charge in [-0.15, -0.1) is 11.6 Å². The smallest absolute Gasteiger partial charge is 0.249 e. The van der Waals surface area contributed by atoms with Crippen LogP contribution in [0.5, 0.6) is 0 Å². The van der Waals surface area contributed by atoms with Gasteiger partial charge in [0.2, 0.25) is 0 Å². The van der Waals surface area contributed by atoms with E-state index in [1.807, 2.05) is 45.2 Å². The number of aromatic nitrogens is 1. The molecule has 0 saturated carbocycles. The topological polar surface area (TPSA) is 12.9 Å². The zero-order valence-electron chi connectivity index (χ0n) is 6.20. The van der Waals surface area contributed by atoms with Crippen molar-refractivity contribution in [1.82, 2.24) is 4.98 Å². The number of rotatable bonds is 2. The molecule has 0 N–H and O–H groups in total. The summed E-state index contributed by atoms with van der Waals surface area (Å²) in [6, 6.07) is 1.38. The molecule has 0 bridgehead atoms. The highest BCUT2D eigenvalue weighted by Gasteiger charge is 2.14. The van der Waals surface area contributed by atoms with Gasteiger partial charge in [0.05, 0.1) is 11.6 Å². The lowest BCUT2D eigenvalue weighted by Crippen LogP contribution is -2.00. The first kappa shape index (κ1) is 11.8. The zero-order valence-corrected chi connectivity index (χ0v) is 11.3. The molecule has 1 heterocycles. The number of nitrogens with zero attached hydrogens (tertiary/aromatic N) is 1. The van der Waals surface area contributed by atoms with Gasteiger partial charge >= 0.3 is 0 Å². The van der Waals surface area contributed by atoms with Crippen LogP contribution in [0.2, 0.25) is 0 Å². The van der Waals surface area contributed by atoms with Crippen molar-refractivity contribution in [3.63, 3.8) is 0 Å². The summed E-state index contributed by atoms with van der Waals surface area (Å²) in [5.41, 5.74) is 0.310. The molecule has 0 fully saturated rings. The maximum absolute atomic E-state index is 12.3. The molecular weight excluding hydrogens is 425 g/mol. The summed E-state index contributed by atoms with van der Waals surface area (Å²) < 4.78 is 26.2. The van der Waals surface area contributed by atoms with Gasteiger partial charge in [0.1, 0.15) is 5.69 Å². The normalized spacial score (nSPS) is 10.9. The molecular formula is C7H4ClF2I2N. The van der Waals surface area contributed by atoms with Gasteiger partial charge < -0.3 is 0 Å². The lowest BCUT2D eigenvalue weighted by Gasteiger charge is -2.05. The van der Waals surface area contributed by atoms with Crippen LogP contribution in [0.4, 0.5) is 8.78 Å². The summed E-state index contributed by atoms with van der Waals surface area (Å²) in [5, 5.41) is 0. The molecule has 1 aromatic rings. The van der Waals surface area contributed by atoms with E-state index in [4.69, 9.17) is 11.6 Å². The van der Waals surface area contributed by atoms with Crippen LogP contribution in [-0.2, 0) is 5.88 Å². The van der Waals surface area contributed by atoms with E-state index in [0.29, 0.717) is 5.69 Å². The molecule has 1 nitrogen and oxygen atoms in total. The quantitative estimate of drug-likeness (QED) is 0.512. The van der Waals surface area contributed by atoms with Crippen molar-refractivity contribution in [1.29, 1.82) is 0 Å². The Morgan fingerprint density at radius 3 is 2.54 bits per heavy atom. The van der Waals surface area contributed by atoms with E-state index in [0.717, 1.165) is 7.14 Å². The standard InChI is InChI=1S/C7H4ClF2I2N/c8-2-5-6(12)3(11)1-4(13-5)7(9)10/h1,7H,2H2. The molecule has 0 aliphatic rings. The number of hydrogen-bond acceptors (Lipinski definition) is 1. The van der Waals surface area contributed by atoms with Gasteiger partial charge in [0.15, 0.2) is 0 Å². The average molecular weight is 429 g/mol. The van der Waals surface area contributed by atoms with E-state index in [1.165, 1.54) is 6.07 Å². The van der Waals surface area contributed by atoms with E-state index in [1.54, 1.807) is 0 Å². The molecule has 0 atom stereocenters. The van der Waals surface area contributed by atoms with Gasteiger partial charge in [-0.05, 0) is 51.2 Å². The molecule has 0 aliphatic carbocycles. The first-order valence-corrected chi connectivity index (χ1v) is 5.94. The van der Waals surface area contributed by atoms with E-state index in [2.05, 4.69) is 4.98 Å². The highest BCUT2D eigenvalue weighted by atomic mass is 127. The third-order valence-electron chi connectivity index (χ3n) is 1.35. The van der Waals surface area contributed by atoms with Crippen LogP contribution in [0.1, 0.15) is 17.8 Å². The Hall–Kier alpha value is 0.760. The Bertz CT molecular complexity index is 320. The zero-order chi connectivity index (χ0) is 10.0. The van der Waals surface area contributed by atoms with Crippen molar-refractivity contribution in [2.45, 2.75) is 12.3 Å². The van der Waals surface area contributed by atoms with E-state index in [9.17, 15) is 8.78 Å². The van der Waals surface area contributed by atoms with Crippen LogP contribution in [0, 0.1) is 7.14 Å². The van der Waals surface area contributed by atoms with Crippen molar-refractivity contribution in [2.24, 2.45) is 0 Å². The minimum absolute atomic E-state index is 0.162. The lowest BCUT2D eigenvalue weighted by molar-refractivity contribution is 0.145. The van der Waals surface area contributed by atoms with Crippen LogP contribution in [0.25, 0.3) is 0 Å². The molecule has 0 amide bonds. The first-order valence-electron chi connectivity index (χ1n) is 3.25. The van der Waals surface area contributed by atoms with Crippen LogP contribution in [-0.4, -0.2) is 4.98 Å². The van der Waals surface area contributed by atoms with Crippen molar-refractivity contribution in [3.05, 3.63) is 24.6 Å². The Labute approximate surface area is 107 Å². The first-order chi connectivity index (χ1) is 6.06. The molecule has 0 aromatic carbocycles. The number of alkyl halides is 3. The van der Waals surface area contributed by atoms with Crippen LogP contribution in [0.3, 0.4) is 0 Å². The van der Waals surface area contributed by atoms with Crippen LogP contribution >= 0.6 is 56.8 Å². The third kappa shape index (κ3) is 2.85. The fourth-order valence-electron chi connectivity index (χ4n) is 0.769. The maximum Gasteiger partial charge on any atom is 0.280 e. The predicted octanol–water partition coefficient (Wildman–Crippen LogP) is 3.97. The molecule has 0 aliphatic heterocycles. The van der Waals surface area contributed by atoms with Crippen LogP contribution in [0.15, 0.2) is 6.07 Å². The summed E-state index contributed by atoms with van der Waals surface area (Å²) in [7, 11) is 0. The van der Waals surface area contributed by atoms with Crippen molar-refractivity contribution >= 4 is 56.8 Å². The average Bonchev–Trinajstić information content (AvgIpc) is 2.09. The Balaban J connectivity index is 3.22. The molecule has 6 heteroatoms. The molecule has 72 valence electrons. The maximum atomic E-state index is 12.3. The molecule has 0 radical (unpaired) electrons. The Morgan fingerprint density at radius 2 is 2.08 bits per heavy atom. The largest absolute Gasteiger partial charge is 0.280 e. The number of hydrogen-bond donors (Lipinski definition) is 0. The Morgan fingerprint density at radius 1 is 1.46 bits per heavy atom. The minimum atomic E-state index is -2.53.